The highest BCUT2D eigenvalue weighted by Gasteiger charge is 2.42. The Morgan fingerprint density at radius 1 is 1.15 bits per heavy atom. The summed E-state index contributed by atoms with van der Waals surface area (Å²) in [4.78, 5) is 0. The van der Waals surface area contributed by atoms with Crippen LogP contribution in [0, 0.1) is 0 Å². The first-order valence-corrected chi connectivity index (χ1v) is 10.8. The van der Waals surface area contributed by atoms with Gasteiger partial charge in [0.15, 0.2) is 5.79 Å². The van der Waals surface area contributed by atoms with Crippen molar-refractivity contribution in [3.63, 3.8) is 0 Å². The van der Waals surface area contributed by atoms with Crippen molar-refractivity contribution in [2.45, 2.75) is 82.9 Å². The molecule has 2 aliphatic rings. The summed E-state index contributed by atoms with van der Waals surface area (Å²) in [6.45, 7) is 11.9. The van der Waals surface area contributed by atoms with E-state index in [9.17, 15) is 0 Å². The maximum atomic E-state index is 6.12. The fraction of sp³-hybridized carbons (Fsp3) is 0.875. The van der Waals surface area contributed by atoms with E-state index in [0.717, 1.165) is 12.8 Å². The highest BCUT2D eigenvalue weighted by Crippen LogP contribution is 2.39. The lowest BCUT2D eigenvalue weighted by Crippen LogP contribution is -2.39. The van der Waals surface area contributed by atoms with Crippen LogP contribution in [0.1, 0.15) is 52.9 Å². The van der Waals surface area contributed by atoms with Gasteiger partial charge in [-0.2, -0.15) is 0 Å². The third-order valence-corrected chi connectivity index (χ3v) is 9.29. The molecule has 4 heteroatoms. The van der Waals surface area contributed by atoms with Crippen LogP contribution in [0.15, 0.2) is 12.3 Å². The summed E-state index contributed by atoms with van der Waals surface area (Å²) in [6.07, 6.45) is 9.77. The van der Waals surface area contributed by atoms with Gasteiger partial charge in [-0.15, -0.1) is 0 Å². The van der Waals surface area contributed by atoms with Gasteiger partial charge in [0.2, 0.25) is 8.32 Å². The summed E-state index contributed by atoms with van der Waals surface area (Å²) in [5.74, 6) is -0.287. The summed E-state index contributed by atoms with van der Waals surface area (Å²) < 4.78 is 18.1. The molecule has 0 N–H and O–H groups in total. The molecular weight excluding hydrogens is 268 g/mol. The molecular formula is C16H30O3Si. The number of hydrogen-bond donors (Lipinski definition) is 0. The van der Waals surface area contributed by atoms with E-state index in [1.165, 1.54) is 19.3 Å². The minimum absolute atomic E-state index is 0.0536. The van der Waals surface area contributed by atoms with Gasteiger partial charge < -0.3 is 13.9 Å². The molecule has 0 aromatic rings. The number of rotatable bonds is 3. The maximum absolute atomic E-state index is 6.12. The minimum atomic E-state index is -1.71. The normalized spacial score (nSPS) is 27.4. The van der Waals surface area contributed by atoms with Crippen LogP contribution in [0.3, 0.4) is 0 Å². The minimum Gasteiger partial charge on any atom is -0.549 e. The molecule has 1 heterocycles. The first kappa shape index (κ1) is 16.1. The number of ether oxygens (including phenoxy) is 2. The van der Waals surface area contributed by atoms with Crippen LogP contribution in [0.25, 0.3) is 0 Å². The largest absolute Gasteiger partial charge is 0.549 e. The van der Waals surface area contributed by atoms with Crippen molar-refractivity contribution < 1.29 is 13.9 Å². The Labute approximate surface area is 124 Å². The molecule has 1 atom stereocenters. The SMILES string of the molecule is CC(C)(C)[Si](C)(C)O/C=C/[C@H]1COC2(CCCCC2)O1. The van der Waals surface area contributed by atoms with Gasteiger partial charge >= 0.3 is 0 Å². The van der Waals surface area contributed by atoms with Gasteiger partial charge in [-0.1, -0.05) is 27.2 Å². The molecule has 2 rings (SSSR count). The molecule has 0 aromatic carbocycles. The third kappa shape index (κ3) is 3.65. The molecule has 1 aliphatic carbocycles. The van der Waals surface area contributed by atoms with Crippen LogP contribution >= 0.6 is 0 Å². The summed E-state index contributed by atoms with van der Waals surface area (Å²) in [6, 6.07) is 0. The smallest absolute Gasteiger partial charge is 0.249 e. The van der Waals surface area contributed by atoms with Crippen LogP contribution in [-0.2, 0) is 13.9 Å². The lowest BCUT2D eigenvalue weighted by molar-refractivity contribution is -0.183. The summed E-state index contributed by atoms with van der Waals surface area (Å²) >= 11 is 0. The Balaban J connectivity index is 1.84. The van der Waals surface area contributed by atoms with E-state index in [0.29, 0.717) is 6.61 Å². The second-order valence-corrected chi connectivity index (χ2v) is 12.4. The second-order valence-electron chi connectivity index (χ2n) is 7.65. The lowest BCUT2D eigenvalue weighted by atomic mass is 9.94. The Hall–Kier alpha value is -0.323. The zero-order chi connectivity index (χ0) is 14.9. The molecule has 0 amide bonds. The molecule has 0 radical (unpaired) electrons. The highest BCUT2D eigenvalue weighted by molar-refractivity contribution is 6.74. The van der Waals surface area contributed by atoms with E-state index in [2.05, 4.69) is 33.9 Å². The zero-order valence-electron chi connectivity index (χ0n) is 13.7. The molecule has 2 fully saturated rings. The van der Waals surface area contributed by atoms with Crippen LogP contribution in [-0.4, -0.2) is 26.8 Å². The fourth-order valence-corrected chi connectivity index (χ4v) is 3.27. The van der Waals surface area contributed by atoms with Gasteiger partial charge in [-0.05, 0) is 37.0 Å². The third-order valence-electron chi connectivity index (χ3n) is 4.95. The van der Waals surface area contributed by atoms with Crippen molar-refractivity contribution >= 4 is 8.32 Å². The fourth-order valence-electron chi connectivity index (χ4n) is 2.50. The van der Waals surface area contributed by atoms with Crippen molar-refractivity contribution in [2.75, 3.05) is 6.61 Å². The molecule has 1 spiro atoms. The molecule has 0 unspecified atom stereocenters. The van der Waals surface area contributed by atoms with E-state index >= 15 is 0 Å². The predicted octanol–water partition coefficient (Wildman–Crippen LogP) is 4.60. The van der Waals surface area contributed by atoms with Gasteiger partial charge in [-0.25, -0.2) is 0 Å². The number of hydrogen-bond acceptors (Lipinski definition) is 3. The van der Waals surface area contributed by atoms with E-state index < -0.39 is 8.32 Å². The summed E-state index contributed by atoms with van der Waals surface area (Å²) in [5.41, 5.74) is 0. The molecule has 1 saturated carbocycles. The Morgan fingerprint density at radius 2 is 1.80 bits per heavy atom. The van der Waals surface area contributed by atoms with E-state index in [-0.39, 0.29) is 16.9 Å². The van der Waals surface area contributed by atoms with Crippen molar-refractivity contribution in [1.29, 1.82) is 0 Å². The van der Waals surface area contributed by atoms with Crippen LogP contribution in [0.2, 0.25) is 18.1 Å². The Morgan fingerprint density at radius 3 is 2.40 bits per heavy atom. The molecule has 0 bridgehead atoms. The topological polar surface area (TPSA) is 27.7 Å². The highest BCUT2D eigenvalue weighted by atomic mass is 28.4. The van der Waals surface area contributed by atoms with Gasteiger partial charge in [0.05, 0.1) is 12.9 Å². The monoisotopic (exact) mass is 298 g/mol. The molecule has 0 aromatic heterocycles. The van der Waals surface area contributed by atoms with E-state index in [1.54, 1.807) is 0 Å². The van der Waals surface area contributed by atoms with Crippen molar-refractivity contribution in [3.05, 3.63) is 12.3 Å². The van der Waals surface area contributed by atoms with Gasteiger partial charge in [-0.3, -0.25) is 0 Å². The average molecular weight is 298 g/mol. The molecule has 3 nitrogen and oxygen atoms in total. The Kier molecular flexibility index (Phi) is 4.67. The molecule has 1 saturated heterocycles. The summed E-state index contributed by atoms with van der Waals surface area (Å²) in [7, 11) is -1.71. The van der Waals surface area contributed by atoms with Crippen LogP contribution in [0.4, 0.5) is 0 Å². The van der Waals surface area contributed by atoms with Crippen molar-refractivity contribution in [3.8, 4) is 0 Å². The first-order chi connectivity index (χ1) is 9.24. The van der Waals surface area contributed by atoms with E-state index in [1.807, 2.05) is 12.3 Å². The van der Waals surface area contributed by atoms with Crippen molar-refractivity contribution in [1.82, 2.24) is 0 Å². The predicted molar refractivity (Wildman–Crippen MR) is 84.1 cm³/mol. The molecule has 1 aliphatic heterocycles. The van der Waals surface area contributed by atoms with Gasteiger partial charge in [0.25, 0.3) is 0 Å². The van der Waals surface area contributed by atoms with Gasteiger partial charge in [0.1, 0.15) is 6.10 Å². The van der Waals surface area contributed by atoms with Crippen molar-refractivity contribution in [2.24, 2.45) is 0 Å². The van der Waals surface area contributed by atoms with Crippen LogP contribution < -0.4 is 0 Å². The quantitative estimate of drug-likeness (QED) is 0.563. The molecule has 116 valence electrons. The lowest BCUT2D eigenvalue weighted by Gasteiger charge is -2.35. The van der Waals surface area contributed by atoms with Crippen LogP contribution in [0.5, 0.6) is 0 Å². The van der Waals surface area contributed by atoms with Gasteiger partial charge in [0, 0.05) is 12.8 Å². The van der Waals surface area contributed by atoms with E-state index in [4.69, 9.17) is 13.9 Å². The summed E-state index contributed by atoms with van der Waals surface area (Å²) in [5, 5.41) is 0.231. The zero-order valence-corrected chi connectivity index (χ0v) is 14.7. The average Bonchev–Trinajstić information content (AvgIpc) is 2.71. The first-order valence-electron chi connectivity index (χ1n) is 7.90. The standard InChI is InChI=1S/C16H30O3Si/c1-15(2,3)20(4,5)18-12-9-14-13-17-16(19-14)10-7-6-8-11-16/h9,12,14H,6-8,10-11,13H2,1-5H3/b12-9+/t14-/m0/s1. The Bertz CT molecular complexity index is 351. The maximum Gasteiger partial charge on any atom is 0.249 e. The molecule has 20 heavy (non-hydrogen) atoms. The second kappa shape index (κ2) is 5.82.